The van der Waals surface area contributed by atoms with Crippen LogP contribution in [0.25, 0.3) is 10.2 Å². The lowest BCUT2D eigenvalue weighted by molar-refractivity contribution is -0.118. The minimum Gasteiger partial charge on any atom is -0.486 e. The zero-order valence-corrected chi connectivity index (χ0v) is 14.7. The first-order valence-electron chi connectivity index (χ1n) is 7.75. The van der Waals surface area contributed by atoms with Crippen molar-refractivity contribution in [3.8, 4) is 5.75 Å². The van der Waals surface area contributed by atoms with Crippen molar-refractivity contribution in [2.24, 2.45) is 0 Å². The predicted molar refractivity (Wildman–Crippen MR) is 99.0 cm³/mol. The Morgan fingerprint density at radius 1 is 1.08 bits per heavy atom. The lowest BCUT2D eigenvalue weighted by Gasteiger charge is -2.07. The maximum atomic E-state index is 11.6. The number of thiazole rings is 1. The molecule has 126 valence electrons. The minimum atomic E-state index is -0.345. The van der Waals surface area contributed by atoms with Gasteiger partial charge in [-0.1, -0.05) is 36.0 Å². The average Bonchev–Trinajstić information content (AvgIpc) is 3.16. The summed E-state index contributed by atoms with van der Waals surface area (Å²) in [6.07, 6.45) is 0.528. The average molecular weight is 370 g/mol. The molecule has 25 heavy (non-hydrogen) atoms. The number of nitrogens with one attached hydrogen (secondary N) is 1. The fraction of sp³-hybridized carbons (Fsp3) is 0.167. The molecule has 4 rings (SSSR count). The normalized spacial score (nSPS) is 17.0. The van der Waals surface area contributed by atoms with Crippen LogP contribution in [-0.2, 0) is 17.8 Å². The van der Waals surface area contributed by atoms with Crippen LogP contribution in [0.3, 0.4) is 0 Å². The summed E-state index contributed by atoms with van der Waals surface area (Å²) in [5, 5.41) is 2.62. The molecule has 0 spiro atoms. The third-order valence-electron chi connectivity index (χ3n) is 3.81. The molecule has 1 fully saturated rings. The second kappa shape index (κ2) is 6.85. The second-order valence-electron chi connectivity index (χ2n) is 5.60. The Morgan fingerprint density at radius 3 is 2.60 bits per heavy atom. The molecule has 2 heterocycles. The molecule has 0 bridgehead atoms. The molecule has 1 aliphatic rings. The molecule has 5 nitrogen and oxygen atoms in total. The van der Waals surface area contributed by atoms with E-state index in [0.717, 1.165) is 38.3 Å². The summed E-state index contributed by atoms with van der Waals surface area (Å²) in [6, 6.07) is 15.6. The van der Waals surface area contributed by atoms with Crippen LogP contribution in [0.15, 0.2) is 48.5 Å². The largest absolute Gasteiger partial charge is 0.486 e. The zero-order chi connectivity index (χ0) is 17.2. The molecular weight excluding hydrogens is 356 g/mol. The molecule has 1 saturated heterocycles. The number of fused-ring (bicyclic) bond motifs is 1. The fourth-order valence-corrected chi connectivity index (χ4v) is 4.33. The van der Waals surface area contributed by atoms with E-state index in [1.165, 1.54) is 0 Å². The number of para-hydroxylation sites is 1. The van der Waals surface area contributed by atoms with Crippen LogP contribution in [0, 0.1) is 0 Å². The van der Waals surface area contributed by atoms with Gasteiger partial charge in [0.05, 0.1) is 15.5 Å². The molecule has 2 aromatic carbocycles. The van der Waals surface area contributed by atoms with Crippen molar-refractivity contribution in [1.29, 1.82) is 0 Å². The monoisotopic (exact) mass is 370 g/mol. The summed E-state index contributed by atoms with van der Waals surface area (Å²) < 4.78 is 6.95. The van der Waals surface area contributed by atoms with Crippen molar-refractivity contribution in [3.05, 3.63) is 59.1 Å². The summed E-state index contributed by atoms with van der Waals surface area (Å²) in [6.45, 7) is 0.425. The standard InChI is InChI=1S/C18H14N2O3S2/c21-17-15(25-18(22)20-17)9-11-5-7-12(8-6-11)23-10-16-19-13-3-1-2-4-14(13)24-16/h1-8,15H,9-10H2,(H,20,21,22). The number of imide groups is 1. The number of ether oxygens (including phenoxy) is 1. The van der Waals surface area contributed by atoms with Gasteiger partial charge in [-0.25, -0.2) is 4.98 Å². The molecule has 1 aromatic heterocycles. The topological polar surface area (TPSA) is 68.3 Å². The van der Waals surface area contributed by atoms with E-state index in [9.17, 15) is 9.59 Å². The first-order chi connectivity index (χ1) is 12.2. The molecule has 0 saturated carbocycles. The van der Waals surface area contributed by atoms with Gasteiger partial charge in [-0.05, 0) is 36.2 Å². The summed E-state index contributed by atoms with van der Waals surface area (Å²) in [5.74, 6) is 0.536. The smallest absolute Gasteiger partial charge is 0.286 e. The van der Waals surface area contributed by atoms with Gasteiger partial charge in [-0.15, -0.1) is 11.3 Å². The number of hydrogen-bond donors (Lipinski definition) is 1. The van der Waals surface area contributed by atoms with Crippen LogP contribution >= 0.6 is 23.1 Å². The highest BCUT2D eigenvalue weighted by atomic mass is 32.2. The van der Waals surface area contributed by atoms with E-state index in [1.807, 2.05) is 48.5 Å². The van der Waals surface area contributed by atoms with Crippen LogP contribution in [0.1, 0.15) is 10.6 Å². The molecule has 1 atom stereocenters. The molecule has 7 heteroatoms. The SMILES string of the molecule is O=C1NC(=O)C(Cc2ccc(OCc3nc4ccccc4s3)cc2)S1. The van der Waals surface area contributed by atoms with E-state index in [1.54, 1.807) is 11.3 Å². The van der Waals surface area contributed by atoms with Crippen LogP contribution in [0.5, 0.6) is 5.75 Å². The first kappa shape index (κ1) is 16.1. The first-order valence-corrected chi connectivity index (χ1v) is 9.45. The van der Waals surface area contributed by atoms with Gasteiger partial charge in [0.2, 0.25) is 5.91 Å². The Labute approximate surface area is 152 Å². The van der Waals surface area contributed by atoms with Crippen LogP contribution in [0.4, 0.5) is 4.79 Å². The number of thioether (sulfide) groups is 1. The molecule has 0 radical (unpaired) electrons. The third kappa shape index (κ3) is 3.67. The zero-order valence-electron chi connectivity index (χ0n) is 13.1. The van der Waals surface area contributed by atoms with Crippen molar-refractivity contribution < 1.29 is 14.3 Å². The van der Waals surface area contributed by atoms with E-state index < -0.39 is 0 Å². The number of aromatic nitrogens is 1. The molecule has 3 aromatic rings. The number of nitrogens with zero attached hydrogens (tertiary/aromatic N) is 1. The summed E-state index contributed by atoms with van der Waals surface area (Å²) in [5.41, 5.74) is 1.98. The highest BCUT2D eigenvalue weighted by Crippen LogP contribution is 2.25. The van der Waals surface area contributed by atoms with E-state index in [0.29, 0.717) is 13.0 Å². The van der Waals surface area contributed by atoms with Crippen molar-refractivity contribution >= 4 is 44.5 Å². The Kier molecular flexibility index (Phi) is 4.42. The number of rotatable bonds is 5. The molecular formula is C18H14N2O3S2. The predicted octanol–water partition coefficient (Wildman–Crippen LogP) is 3.77. The maximum Gasteiger partial charge on any atom is 0.286 e. The molecule has 1 unspecified atom stereocenters. The van der Waals surface area contributed by atoms with E-state index in [-0.39, 0.29) is 16.4 Å². The van der Waals surface area contributed by atoms with Gasteiger partial charge in [0, 0.05) is 0 Å². The maximum absolute atomic E-state index is 11.6. The van der Waals surface area contributed by atoms with Gasteiger partial charge in [0.25, 0.3) is 5.24 Å². The Hall–Kier alpha value is -2.38. The molecule has 0 aliphatic carbocycles. The van der Waals surface area contributed by atoms with Crippen molar-refractivity contribution in [3.63, 3.8) is 0 Å². The lowest BCUT2D eigenvalue weighted by atomic mass is 10.1. The quantitative estimate of drug-likeness (QED) is 0.740. The summed E-state index contributed by atoms with van der Waals surface area (Å²) in [7, 11) is 0. The van der Waals surface area contributed by atoms with Gasteiger partial charge in [0.15, 0.2) is 0 Å². The van der Waals surface area contributed by atoms with Crippen molar-refractivity contribution in [2.75, 3.05) is 0 Å². The Balaban J connectivity index is 1.37. The van der Waals surface area contributed by atoms with Gasteiger partial charge >= 0.3 is 0 Å². The van der Waals surface area contributed by atoms with Crippen molar-refractivity contribution in [1.82, 2.24) is 10.3 Å². The number of carbonyl (C=O) groups excluding carboxylic acids is 2. The number of benzene rings is 2. The number of amides is 2. The Bertz CT molecular complexity index is 904. The summed E-state index contributed by atoms with van der Waals surface area (Å²) >= 11 is 2.67. The van der Waals surface area contributed by atoms with Crippen LogP contribution < -0.4 is 10.1 Å². The van der Waals surface area contributed by atoms with E-state index >= 15 is 0 Å². The second-order valence-corrected chi connectivity index (χ2v) is 7.89. The number of hydrogen-bond acceptors (Lipinski definition) is 6. The summed E-state index contributed by atoms with van der Waals surface area (Å²) in [4.78, 5) is 27.3. The van der Waals surface area contributed by atoms with Crippen molar-refractivity contribution in [2.45, 2.75) is 18.3 Å². The van der Waals surface area contributed by atoms with Gasteiger partial charge in [-0.2, -0.15) is 0 Å². The molecule has 1 N–H and O–H groups in total. The van der Waals surface area contributed by atoms with E-state index in [4.69, 9.17) is 4.74 Å². The number of carbonyl (C=O) groups is 2. The van der Waals surface area contributed by atoms with Gasteiger partial charge < -0.3 is 4.74 Å². The van der Waals surface area contributed by atoms with Gasteiger partial charge in [-0.3, -0.25) is 14.9 Å². The van der Waals surface area contributed by atoms with Crippen LogP contribution in [-0.4, -0.2) is 21.4 Å². The Morgan fingerprint density at radius 2 is 1.88 bits per heavy atom. The third-order valence-corrected chi connectivity index (χ3v) is 5.80. The fourth-order valence-electron chi connectivity index (χ4n) is 2.59. The molecule has 2 amide bonds. The minimum absolute atomic E-state index is 0.217. The highest BCUT2D eigenvalue weighted by molar-refractivity contribution is 8.15. The van der Waals surface area contributed by atoms with E-state index in [2.05, 4.69) is 10.3 Å². The lowest BCUT2D eigenvalue weighted by Crippen LogP contribution is -2.25. The van der Waals surface area contributed by atoms with Gasteiger partial charge in [0.1, 0.15) is 17.4 Å². The van der Waals surface area contributed by atoms with Crippen LogP contribution in [0.2, 0.25) is 0 Å². The molecule has 1 aliphatic heterocycles. The highest BCUT2D eigenvalue weighted by Gasteiger charge is 2.31.